The summed E-state index contributed by atoms with van der Waals surface area (Å²) in [6.07, 6.45) is 1.61. The number of carbonyl (C=O) groups is 2. The van der Waals surface area contributed by atoms with E-state index in [-0.39, 0.29) is 23.9 Å². The minimum absolute atomic E-state index is 0.0341. The number of H-pyrrole nitrogens is 1. The molecule has 3 fully saturated rings. The van der Waals surface area contributed by atoms with Crippen LogP contribution >= 0.6 is 0 Å². The third-order valence-electron chi connectivity index (χ3n) is 10.0. The van der Waals surface area contributed by atoms with Gasteiger partial charge in [-0.25, -0.2) is 4.79 Å². The van der Waals surface area contributed by atoms with E-state index in [2.05, 4.69) is 32.7 Å². The van der Waals surface area contributed by atoms with Crippen molar-refractivity contribution in [2.45, 2.75) is 44.1 Å². The van der Waals surface area contributed by atoms with Crippen LogP contribution in [-0.4, -0.2) is 76.6 Å². The number of phenolic OH excluding ortho intramolecular Hbond substituents is 1. The molecule has 0 spiro atoms. The lowest BCUT2D eigenvalue weighted by atomic mass is 9.86. The zero-order valence-corrected chi connectivity index (χ0v) is 29.9. The summed E-state index contributed by atoms with van der Waals surface area (Å²) in [7, 11) is 0. The predicted octanol–water partition coefficient (Wildman–Crippen LogP) is 5.29. The quantitative estimate of drug-likeness (QED) is 0.0690. The Kier molecular flexibility index (Phi) is 12.9. The van der Waals surface area contributed by atoms with Crippen molar-refractivity contribution in [3.63, 3.8) is 0 Å². The van der Waals surface area contributed by atoms with Crippen LogP contribution in [0.1, 0.15) is 52.8 Å². The second-order valence-corrected chi connectivity index (χ2v) is 13.6. The van der Waals surface area contributed by atoms with Gasteiger partial charge in [-0.05, 0) is 96.9 Å². The number of pyridine rings is 1. The Morgan fingerprint density at radius 2 is 1.67 bits per heavy atom. The molecule has 5 aromatic rings. The summed E-state index contributed by atoms with van der Waals surface area (Å²) in [6, 6.07) is 31.7. The Labute approximate surface area is 313 Å². The first-order valence-electron chi connectivity index (χ1n) is 18.2. The zero-order chi connectivity index (χ0) is 37.9. The van der Waals surface area contributed by atoms with Crippen molar-refractivity contribution in [1.82, 2.24) is 20.5 Å². The van der Waals surface area contributed by atoms with Crippen LogP contribution in [0.3, 0.4) is 0 Å². The van der Waals surface area contributed by atoms with Gasteiger partial charge in [-0.15, -0.1) is 0 Å². The van der Waals surface area contributed by atoms with Crippen molar-refractivity contribution in [2.75, 3.05) is 32.7 Å². The highest BCUT2D eigenvalue weighted by molar-refractivity contribution is 5.87. The standard InChI is InChI=1S/C41H44N4O6.CH2O2/c46-35-14-12-33(34-13-15-38(48)43-40(34)35)36(47)24-42-19-16-27-6-4-7-28(22-27)26-50-32-11-5-10-31(23-32)39(30-8-2-1-3-9-30)44-41(49)51-37-25-45-20-17-29(37)18-21-45;2-1-3/h1-15,22-23,29,36-37,39,42,46-47H,16-21,24-26H2,(H,43,48)(H,44,49);1H,(H,2,3). The summed E-state index contributed by atoms with van der Waals surface area (Å²) in [5.74, 6) is 1.10. The zero-order valence-electron chi connectivity index (χ0n) is 29.9. The normalized spacial score (nSPS) is 18.5. The highest BCUT2D eigenvalue weighted by atomic mass is 16.6. The molecule has 0 aliphatic carbocycles. The van der Waals surface area contributed by atoms with Crippen molar-refractivity contribution >= 4 is 23.5 Å². The van der Waals surface area contributed by atoms with E-state index in [0.29, 0.717) is 47.8 Å². The van der Waals surface area contributed by atoms with Gasteiger partial charge in [0.05, 0.1) is 17.7 Å². The number of aromatic nitrogens is 1. The van der Waals surface area contributed by atoms with Crippen LogP contribution in [0.15, 0.2) is 108 Å². The Morgan fingerprint density at radius 1 is 0.926 bits per heavy atom. The highest BCUT2D eigenvalue weighted by Gasteiger charge is 2.37. The summed E-state index contributed by atoms with van der Waals surface area (Å²) >= 11 is 0. The van der Waals surface area contributed by atoms with E-state index in [1.54, 1.807) is 12.1 Å². The van der Waals surface area contributed by atoms with Gasteiger partial charge in [0, 0.05) is 24.5 Å². The van der Waals surface area contributed by atoms with Gasteiger partial charge in [0.15, 0.2) is 0 Å². The Bertz CT molecular complexity index is 2070. The number of aliphatic hydroxyl groups is 1. The van der Waals surface area contributed by atoms with E-state index in [9.17, 15) is 19.8 Å². The molecular weight excluding hydrogens is 688 g/mol. The van der Waals surface area contributed by atoms with E-state index in [1.165, 1.54) is 12.1 Å². The first-order chi connectivity index (χ1) is 26.3. The molecule has 3 atom stereocenters. The summed E-state index contributed by atoms with van der Waals surface area (Å²) in [5.41, 5.74) is 4.66. The number of fused-ring (bicyclic) bond motifs is 4. The average molecular weight is 735 g/mol. The van der Waals surface area contributed by atoms with Crippen LogP contribution in [0.2, 0.25) is 0 Å². The molecule has 1 amide bonds. The van der Waals surface area contributed by atoms with Crippen LogP contribution in [0.25, 0.3) is 10.9 Å². The fourth-order valence-corrected chi connectivity index (χ4v) is 7.29. The number of aromatic hydroxyl groups is 1. The molecule has 282 valence electrons. The van der Waals surface area contributed by atoms with Crippen LogP contribution in [0.4, 0.5) is 4.79 Å². The number of benzene rings is 4. The number of phenols is 1. The first-order valence-corrected chi connectivity index (χ1v) is 18.2. The number of aliphatic hydroxyl groups excluding tert-OH is 1. The van der Waals surface area contributed by atoms with Gasteiger partial charge < -0.3 is 40.4 Å². The SMILES string of the molecule is O=C(NC(c1ccccc1)c1cccc(OCc2cccc(CCNCC(O)c3ccc(O)c4[nH]c(=O)ccc34)c2)c1)OC1CN2CCC1CC2.O=CO. The average Bonchev–Trinajstić information content (AvgIpc) is 3.19. The van der Waals surface area contributed by atoms with Crippen LogP contribution in [0, 0.1) is 5.92 Å². The Balaban J connectivity index is 0.00000160. The molecule has 3 saturated heterocycles. The number of hydrogen-bond acceptors (Lipinski definition) is 9. The lowest BCUT2D eigenvalue weighted by molar-refractivity contribution is -0.122. The maximum atomic E-state index is 13.2. The van der Waals surface area contributed by atoms with Gasteiger partial charge in [0.2, 0.25) is 5.56 Å². The van der Waals surface area contributed by atoms with Gasteiger partial charge >= 0.3 is 6.09 Å². The number of piperidine rings is 3. The fraction of sp³-hybridized carbons (Fsp3) is 0.310. The predicted molar refractivity (Wildman–Crippen MR) is 205 cm³/mol. The van der Waals surface area contributed by atoms with E-state index in [0.717, 1.165) is 61.2 Å². The van der Waals surface area contributed by atoms with E-state index in [1.807, 2.05) is 66.7 Å². The molecule has 54 heavy (non-hydrogen) atoms. The molecule has 3 unspecified atom stereocenters. The number of nitrogens with one attached hydrogen (secondary N) is 3. The molecular formula is C42H46N4O8. The van der Waals surface area contributed by atoms with Gasteiger partial charge in [-0.1, -0.05) is 72.8 Å². The number of aromatic amines is 1. The molecule has 3 aliphatic heterocycles. The third-order valence-corrected chi connectivity index (χ3v) is 10.0. The fourth-order valence-electron chi connectivity index (χ4n) is 7.29. The minimum Gasteiger partial charge on any atom is -0.506 e. The van der Waals surface area contributed by atoms with Crippen molar-refractivity contribution in [2.24, 2.45) is 5.92 Å². The molecule has 6 N–H and O–H groups in total. The number of hydrogen-bond donors (Lipinski definition) is 6. The first kappa shape index (κ1) is 38.0. The molecule has 2 bridgehead atoms. The molecule has 3 aliphatic rings. The minimum atomic E-state index is -0.818. The van der Waals surface area contributed by atoms with Gasteiger partial charge in [0.25, 0.3) is 6.47 Å². The van der Waals surface area contributed by atoms with Crippen LogP contribution in [-0.2, 0) is 22.6 Å². The van der Waals surface area contributed by atoms with Crippen molar-refractivity contribution in [1.29, 1.82) is 0 Å². The third kappa shape index (κ3) is 9.84. The monoisotopic (exact) mass is 734 g/mol. The van der Waals surface area contributed by atoms with Crippen LogP contribution < -0.4 is 20.9 Å². The summed E-state index contributed by atoms with van der Waals surface area (Å²) in [5, 5.41) is 35.0. The van der Waals surface area contributed by atoms with Crippen molar-refractivity contribution in [3.05, 3.63) is 141 Å². The van der Waals surface area contributed by atoms with Gasteiger partial charge in [-0.2, -0.15) is 0 Å². The number of rotatable bonds is 13. The van der Waals surface area contributed by atoms with E-state index < -0.39 is 18.2 Å². The molecule has 12 nitrogen and oxygen atoms in total. The molecule has 4 aromatic carbocycles. The molecule has 4 heterocycles. The Hall–Kier alpha value is -5.69. The lowest BCUT2D eigenvalue weighted by Gasteiger charge is -2.43. The maximum Gasteiger partial charge on any atom is 0.408 e. The second kappa shape index (κ2) is 18.4. The summed E-state index contributed by atoms with van der Waals surface area (Å²) < 4.78 is 12.2. The highest BCUT2D eigenvalue weighted by Crippen LogP contribution is 2.31. The molecule has 0 radical (unpaired) electrons. The largest absolute Gasteiger partial charge is 0.506 e. The number of carboxylic acid groups (broad SMARTS) is 1. The van der Waals surface area contributed by atoms with Gasteiger partial charge in [0.1, 0.15) is 24.2 Å². The molecule has 8 rings (SSSR count). The topological polar surface area (TPSA) is 173 Å². The molecule has 12 heteroatoms. The summed E-state index contributed by atoms with van der Waals surface area (Å²) in [6.45, 7) is 4.07. The number of nitrogens with zero attached hydrogens (tertiary/aromatic N) is 1. The van der Waals surface area contributed by atoms with Crippen molar-refractivity contribution < 1.29 is 34.4 Å². The number of ether oxygens (including phenoxy) is 2. The van der Waals surface area contributed by atoms with Crippen molar-refractivity contribution in [3.8, 4) is 11.5 Å². The summed E-state index contributed by atoms with van der Waals surface area (Å²) in [4.78, 5) is 38.3. The van der Waals surface area contributed by atoms with Gasteiger partial charge in [-0.3, -0.25) is 14.5 Å². The number of carbonyl (C=O) groups excluding carboxylic acids is 1. The maximum absolute atomic E-state index is 13.2. The lowest BCUT2D eigenvalue weighted by Crippen LogP contribution is -2.52. The number of amides is 1. The Morgan fingerprint density at radius 3 is 2.43 bits per heavy atom. The number of alkyl carbamates (subject to hydrolysis) is 1. The molecule has 0 saturated carbocycles. The second-order valence-electron chi connectivity index (χ2n) is 13.6. The van der Waals surface area contributed by atoms with Crippen LogP contribution in [0.5, 0.6) is 11.5 Å². The van der Waals surface area contributed by atoms with E-state index >= 15 is 0 Å². The smallest absolute Gasteiger partial charge is 0.408 e. The van der Waals surface area contributed by atoms with E-state index in [4.69, 9.17) is 19.4 Å². The molecule has 1 aromatic heterocycles.